The van der Waals surface area contributed by atoms with Gasteiger partial charge in [-0.25, -0.2) is 0 Å². The van der Waals surface area contributed by atoms with Crippen molar-refractivity contribution in [2.45, 2.75) is 33.1 Å². The van der Waals surface area contributed by atoms with Crippen molar-refractivity contribution in [2.75, 3.05) is 5.32 Å². The third-order valence-electron chi connectivity index (χ3n) is 4.10. The van der Waals surface area contributed by atoms with Gasteiger partial charge < -0.3 is 5.32 Å². The van der Waals surface area contributed by atoms with Gasteiger partial charge in [0, 0.05) is 22.9 Å². The van der Waals surface area contributed by atoms with Crippen LogP contribution in [0.3, 0.4) is 0 Å². The number of hydrogen-bond donors (Lipinski definition) is 1. The summed E-state index contributed by atoms with van der Waals surface area (Å²) in [7, 11) is 0. The van der Waals surface area contributed by atoms with Gasteiger partial charge in [-0.3, -0.25) is 14.9 Å². The highest BCUT2D eigenvalue weighted by atomic mass is 16.6. The minimum absolute atomic E-state index is 0.0511. The van der Waals surface area contributed by atoms with Gasteiger partial charge >= 0.3 is 0 Å². The predicted molar refractivity (Wildman–Crippen MR) is 90.9 cm³/mol. The first-order chi connectivity index (χ1) is 10.9. The maximum absolute atomic E-state index is 12.4. The fourth-order valence-electron chi connectivity index (χ4n) is 2.40. The molecule has 2 aromatic carbocycles. The van der Waals surface area contributed by atoms with Gasteiger partial charge in [-0.05, 0) is 43.0 Å². The van der Waals surface area contributed by atoms with Gasteiger partial charge in [-0.15, -0.1) is 0 Å². The largest absolute Gasteiger partial charge is 0.322 e. The van der Waals surface area contributed by atoms with E-state index >= 15 is 0 Å². The summed E-state index contributed by atoms with van der Waals surface area (Å²) in [6.07, 6.45) is 1.05. The molecule has 0 aromatic heterocycles. The van der Waals surface area contributed by atoms with Crippen LogP contribution in [0.1, 0.15) is 47.7 Å². The van der Waals surface area contributed by atoms with E-state index in [1.54, 1.807) is 13.0 Å². The monoisotopic (exact) mass is 312 g/mol. The van der Waals surface area contributed by atoms with Gasteiger partial charge in [0.25, 0.3) is 11.6 Å². The van der Waals surface area contributed by atoms with Crippen molar-refractivity contribution in [1.29, 1.82) is 0 Å². The van der Waals surface area contributed by atoms with Crippen LogP contribution < -0.4 is 5.32 Å². The van der Waals surface area contributed by atoms with Gasteiger partial charge in [0.15, 0.2) is 0 Å². The molecule has 0 saturated carbocycles. The SMILES string of the molecule is CCC(C)c1ccc(NC(=O)c2cccc([N+](=O)[O-])c2C)cc1. The number of nitro benzene ring substituents is 1. The Labute approximate surface area is 135 Å². The average molecular weight is 312 g/mol. The number of anilines is 1. The van der Waals surface area contributed by atoms with Gasteiger partial charge in [-0.2, -0.15) is 0 Å². The van der Waals surface area contributed by atoms with E-state index in [9.17, 15) is 14.9 Å². The molecule has 0 aliphatic rings. The van der Waals surface area contributed by atoms with Crippen LogP contribution in [0.2, 0.25) is 0 Å². The normalized spacial score (nSPS) is 11.8. The number of hydrogen-bond acceptors (Lipinski definition) is 3. The van der Waals surface area contributed by atoms with Gasteiger partial charge in [0.05, 0.1) is 4.92 Å². The molecule has 23 heavy (non-hydrogen) atoms. The van der Waals surface area contributed by atoms with Crippen molar-refractivity contribution in [2.24, 2.45) is 0 Å². The predicted octanol–water partition coefficient (Wildman–Crippen LogP) is 4.67. The highest BCUT2D eigenvalue weighted by Crippen LogP contribution is 2.23. The van der Waals surface area contributed by atoms with Crippen LogP contribution in [0.25, 0.3) is 0 Å². The summed E-state index contributed by atoms with van der Waals surface area (Å²) in [6.45, 7) is 5.87. The summed E-state index contributed by atoms with van der Waals surface area (Å²) in [4.78, 5) is 22.8. The third-order valence-corrected chi connectivity index (χ3v) is 4.10. The zero-order chi connectivity index (χ0) is 17.0. The minimum Gasteiger partial charge on any atom is -0.322 e. The summed E-state index contributed by atoms with van der Waals surface area (Å²) in [6, 6.07) is 12.2. The van der Waals surface area contributed by atoms with Crippen LogP contribution in [0.5, 0.6) is 0 Å². The Morgan fingerprint density at radius 3 is 2.43 bits per heavy atom. The number of amides is 1. The summed E-state index contributed by atoms with van der Waals surface area (Å²) in [5.74, 6) is 0.126. The zero-order valence-electron chi connectivity index (χ0n) is 13.5. The summed E-state index contributed by atoms with van der Waals surface area (Å²) >= 11 is 0. The summed E-state index contributed by atoms with van der Waals surface area (Å²) < 4.78 is 0. The molecule has 0 radical (unpaired) electrons. The first-order valence-corrected chi connectivity index (χ1v) is 7.59. The molecule has 1 amide bonds. The van der Waals surface area contributed by atoms with Crippen LogP contribution in [-0.2, 0) is 0 Å². The molecular weight excluding hydrogens is 292 g/mol. The van der Waals surface area contributed by atoms with E-state index in [4.69, 9.17) is 0 Å². The standard InChI is InChI=1S/C18H20N2O3/c1-4-12(2)14-8-10-15(11-9-14)19-18(21)16-6-5-7-17(13(16)3)20(22)23/h5-12H,4H2,1-3H3,(H,19,21). The lowest BCUT2D eigenvalue weighted by molar-refractivity contribution is -0.385. The number of carbonyl (C=O) groups excluding carboxylic acids is 1. The van der Waals surface area contributed by atoms with Crippen LogP contribution >= 0.6 is 0 Å². The van der Waals surface area contributed by atoms with E-state index in [0.717, 1.165) is 6.42 Å². The molecule has 120 valence electrons. The second kappa shape index (κ2) is 7.05. The molecule has 0 bridgehead atoms. The molecule has 0 aliphatic heterocycles. The molecule has 5 nitrogen and oxygen atoms in total. The number of carbonyl (C=O) groups is 1. The second-order valence-electron chi connectivity index (χ2n) is 5.59. The number of nitrogens with zero attached hydrogens (tertiary/aromatic N) is 1. The smallest absolute Gasteiger partial charge is 0.273 e. The molecular formula is C18H20N2O3. The van der Waals surface area contributed by atoms with Crippen LogP contribution in [0.4, 0.5) is 11.4 Å². The lowest BCUT2D eigenvalue weighted by Crippen LogP contribution is -2.14. The second-order valence-corrected chi connectivity index (χ2v) is 5.59. The highest BCUT2D eigenvalue weighted by Gasteiger charge is 2.18. The average Bonchev–Trinajstić information content (AvgIpc) is 2.54. The molecule has 2 rings (SSSR count). The molecule has 0 heterocycles. The summed E-state index contributed by atoms with van der Waals surface area (Å²) in [5.41, 5.74) is 2.52. The number of rotatable bonds is 5. The zero-order valence-corrected chi connectivity index (χ0v) is 13.5. The first-order valence-electron chi connectivity index (χ1n) is 7.59. The minimum atomic E-state index is -0.479. The molecule has 1 unspecified atom stereocenters. The van der Waals surface area contributed by atoms with Crippen molar-refractivity contribution in [1.82, 2.24) is 0 Å². The Morgan fingerprint density at radius 1 is 1.22 bits per heavy atom. The Balaban J connectivity index is 2.19. The quantitative estimate of drug-likeness (QED) is 0.644. The first kappa shape index (κ1) is 16.7. The number of benzene rings is 2. The fraction of sp³-hybridized carbons (Fsp3) is 0.278. The number of nitro groups is 1. The maximum atomic E-state index is 12.4. The fourth-order valence-corrected chi connectivity index (χ4v) is 2.40. The third kappa shape index (κ3) is 3.74. The maximum Gasteiger partial charge on any atom is 0.273 e. The van der Waals surface area contributed by atoms with Gasteiger partial charge in [0.2, 0.25) is 0 Å². The molecule has 1 N–H and O–H groups in total. The highest BCUT2D eigenvalue weighted by molar-refractivity contribution is 6.05. The van der Waals surface area contributed by atoms with Gasteiger partial charge in [-0.1, -0.05) is 32.0 Å². The Kier molecular flexibility index (Phi) is 5.11. The van der Waals surface area contributed by atoms with E-state index < -0.39 is 4.92 Å². The van der Waals surface area contributed by atoms with E-state index in [-0.39, 0.29) is 11.6 Å². The van der Waals surface area contributed by atoms with E-state index in [2.05, 4.69) is 19.2 Å². The van der Waals surface area contributed by atoms with Crippen molar-refractivity contribution < 1.29 is 9.72 Å². The topological polar surface area (TPSA) is 72.2 Å². The summed E-state index contributed by atoms with van der Waals surface area (Å²) in [5, 5.41) is 13.7. The van der Waals surface area contributed by atoms with Crippen LogP contribution in [-0.4, -0.2) is 10.8 Å². The van der Waals surface area contributed by atoms with Gasteiger partial charge in [0.1, 0.15) is 0 Å². The van der Waals surface area contributed by atoms with E-state index in [0.29, 0.717) is 22.7 Å². The molecule has 0 spiro atoms. The molecule has 5 heteroatoms. The van der Waals surface area contributed by atoms with E-state index in [1.807, 2.05) is 24.3 Å². The number of nitrogens with one attached hydrogen (secondary N) is 1. The van der Waals surface area contributed by atoms with Crippen LogP contribution in [0, 0.1) is 17.0 Å². The van der Waals surface area contributed by atoms with E-state index in [1.165, 1.54) is 17.7 Å². The van der Waals surface area contributed by atoms with Crippen molar-refractivity contribution in [3.8, 4) is 0 Å². The molecule has 0 fully saturated rings. The Bertz CT molecular complexity index is 724. The lowest BCUT2D eigenvalue weighted by Gasteiger charge is -2.11. The Morgan fingerprint density at radius 2 is 1.87 bits per heavy atom. The van der Waals surface area contributed by atoms with Crippen LogP contribution in [0.15, 0.2) is 42.5 Å². The molecule has 1 atom stereocenters. The van der Waals surface area contributed by atoms with Crippen molar-refractivity contribution in [3.63, 3.8) is 0 Å². The molecule has 0 saturated heterocycles. The lowest BCUT2D eigenvalue weighted by atomic mass is 9.98. The molecule has 0 aliphatic carbocycles. The Hall–Kier alpha value is -2.69. The van der Waals surface area contributed by atoms with Crippen molar-refractivity contribution in [3.05, 3.63) is 69.3 Å². The van der Waals surface area contributed by atoms with Crippen molar-refractivity contribution >= 4 is 17.3 Å². The molecule has 2 aromatic rings.